The van der Waals surface area contributed by atoms with Crippen molar-refractivity contribution in [1.29, 1.82) is 0 Å². The minimum Gasteiger partial charge on any atom is -0.383 e. The molecule has 0 radical (unpaired) electrons. The Morgan fingerprint density at radius 2 is 1.90 bits per heavy atom. The number of hydrogen-bond donors (Lipinski definition) is 1. The molecule has 1 aliphatic rings. The Morgan fingerprint density at radius 3 is 2.59 bits per heavy atom. The smallest absolute Gasteiger partial charge is 0.227 e. The maximum atomic E-state index is 13.8. The zero-order valence-electron chi connectivity index (χ0n) is 16.8. The summed E-state index contributed by atoms with van der Waals surface area (Å²) in [5.74, 6) is -1.78. The van der Waals surface area contributed by atoms with Crippen LogP contribution in [0.3, 0.4) is 0 Å². The van der Waals surface area contributed by atoms with Gasteiger partial charge in [-0.15, -0.1) is 0 Å². The van der Waals surface area contributed by atoms with E-state index in [-0.39, 0.29) is 11.9 Å². The first-order valence-electron chi connectivity index (χ1n) is 9.86. The summed E-state index contributed by atoms with van der Waals surface area (Å²) in [6, 6.07) is 11.4. The van der Waals surface area contributed by atoms with Crippen molar-refractivity contribution in [2.45, 2.75) is 32.2 Å². The molecule has 29 heavy (non-hydrogen) atoms. The first kappa shape index (κ1) is 21.4. The van der Waals surface area contributed by atoms with Crippen LogP contribution in [0.4, 0.5) is 8.78 Å². The molecule has 0 bridgehead atoms. The number of benzene rings is 2. The Bertz CT molecular complexity index is 850. The van der Waals surface area contributed by atoms with E-state index in [9.17, 15) is 13.6 Å². The van der Waals surface area contributed by atoms with Crippen LogP contribution in [-0.4, -0.2) is 38.9 Å². The van der Waals surface area contributed by atoms with Gasteiger partial charge in [0.05, 0.1) is 12.0 Å². The zero-order valence-corrected chi connectivity index (χ0v) is 16.8. The van der Waals surface area contributed by atoms with Gasteiger partial charge in [0.1, 0.15) is 0 Å². The van der Waals surface area contributed by atoms with Crippen molar-refractivity contribution in [2.75, 3.05) is 26.9 Å². The van der Waals surface area contributed by atoms with Crippen LogP contribution in [-0.2, 0) is 20.7 Å². The lowest BCUT2D eigenvalue weighted by molar-refractivity contribution is -0.137. The monoisotopic (exact) mass is 403 g/mol. The number of nitrogens with one attached hydrogen (secondary N) is 1. The largest absolute Gasteiger partial charge is 0.383 e. The quantitative estimate of drug-likeness (QED) is 0.757. The zero-order chi connectivity index (χ0) is 20.9. The van der Waals surface area contributed by atoms with E-state index in [1.54, 1.807) is 13.2 Å². The van der Waals surface area contributed by atoms with Crippen molar-refractivity contribution in [1.82, 2.24) is 5.32 Å². The third-order valence-corrected chi connectivity index (χ3v) is 5.50. The molecule has 1 fully saturated rings. The normalized spacial score (nSPS) is 17.0. The van der Waals surface area contributed by atoms with Crippen LogP contribution in [0, 0.1) is 17.0 Å². The van der Waals surface area contributed by atoms with Crippen LogP contribution in [0.15, 0.2) is 42.5 Å². The number of ether oxygens (including phenoxy) is 2. The summed E-state index contributed by atoms with van der Waals surface area (Å²) in [6.45, 7) is 3.37. The molecular weight excluding hydrogens is 376 g/mol. The number of halogens is 2. The second-order valence-corrected chi connectivity index (χ2v) is 7.69. The van der Waals surface area contributed by atoms with Gasteiger partial charge >= 0.3 is 0 Å². The molecule has 2 aromatic carbocycles. The molecular formula is C23H27F2NO3. The molecule has 3 rings (SSSR count). The van der Waals surface area contributed by atoms with Gasteiger partial charge in [0.25, 0.3) is 0 Å². The fraction of sp³-hybridized carbons (Fsp3) is 0.435. The number of carbonyl (C=O) groups excluding carboxylic acids is 1. The molecule has 1 aliphatic heterocycles. The van der Waals surface area contributed by atoms with Crippen molar-refractivity contribution in [3.8, 4) is 11.1 Å². The van der Waals surface area contributed by atoms with Gasteiger partial charge in [-0.1, -0.05) is 30.3 Å². The molecule has 156 valence electrons. The number of amides is 1. The van der Waals surface area contributed by atoms with E-state index in [4.69, 9.17) is 9.47 Å². The number of rotatable bonds is 7. The highest BCUT2D eigenvalue weighted by atomic mass is 19.2. The van der Waals surface area contributed by atoms with Gasteiger partial charge in [-0.2, -0.15) is 0 Å². The molecule has 0 aliphatic carbocycles. The lowest BCUT2D eigenvalue weighted by Crippen LogP contribution is -2.49. The van der Waals surface area contributed by atoms with Gasteiger partial charge in [0, 0.05) is 26.4 Å². The average Bonchev–Trinajstić information content (AvgIpc) is 2.71. The van der Waals surface area contributed by atoms with E-state index < -0.39 is 17.0 Å². The Hall–Kier alpha value is -2.31. The number of methoxy groups -OCH3 is 1. The van der Waals surface area contributed by atoms with Gasteiger partial charge < -0.3 is 14.8 Å². The van der Waals surface area contributed by atoms with Crippen molar-refractivity contribution in [3.05, 3.63) is 59.7 Å². The predicted octanol–water partition coefficient (Wildman–Crippen LogP) is 4.12. The number of carbonyl (C=O) groups is 1. The SMILES string of the molecule is COCC(C)NC(=O)C1(Cc2ccccc2-c2ccc(F)c(F)c2)CCOCC1. The van der Waals surface area contributed by atoms with E-state index in [0.717, 1.165) is 17.2 Å². The minimum absolute atomic E-state index is 0.0227. The molecule has 1 unspecified atom stereocenters. The summed E-state index contributed by atoms with van der Waals surface area (Å²) in [7, 11) is 1.60. The highest BCUT2D eigenvalue weighted by Crippen LogP contribution is 2.38. The third kappa shape index (κ3) is 5.00. The van der Waals surface area contributed by atoms with Crippen LogP contribution in [0.25, 0.3) is 11.1 Å². The van der Waals surface area contributed by atoms with E-state index in [1.807, 2.05) is 31.2 Å². The molecule has 4 nitrogen and oxygen atoms in total. The second-order valence-electron chi connectivity index (χ2n) is 7.69. The fourth-order valence-corrected chi connectivity index (χ4v) is 3.90. The molecule has 2 aromatic rings. The summed E-state index contributed by atoms with van der Waals surface area (Å²) in [6.07, 6.45) is 1.70. The second kappa shape index (κ2) is 9.46. The molecule has 1 heterocycles. The fourth-order valence-electron chi connectivity index (χ4n) is 3.90. The third-order valence-electron chi connectivity index (χ3n) is 5.50. The van der Waals surface area contributed by atoms with E-state index in [2.05, 4.69) is 5.32 Å². The van der Waals surface area contributed by atoms with Crippen molar-refractivity contribution < 1.29 is 23.0 Å². The van der Waals surface area contributed by atoms with E-state index in [1.165, 1.54) is 6.07 Å². The summed E-state index contributed by atoms with van der Waals surface area (Å²) in [4.78, 5) is 13.2. The lowest BCUT2D eigenvalue weighted by Gasteiger charge is -2.37. The maximum Gasteiger partial charge on any atom is 0.227 e. The Balaban J connectivity index is 1.92. The molecule has 6 heteroatoms. The molecule has 1 atom stereocenters. The number of hydrogen-bond acceptors (Lipinski definition) is 3. The Labute approximate surface area is 170 Å². The predicted molar refractivity (Wildman–Crippen MR) is 107 cm³/mol. The summed E-state index contributed by atoms with van der Waals surface area (Å²) in [5.41, 5.74) is 1.70. The average molecular weight is 403 g/mol. The maximum absolute atomic E-state index is 13.8. The van der Waals surface area contributed by atoms with Gasteiger partial charge in [-0.05, 0) is 55.0 Å². The van der Waals surface area contributed by atoms with Crippen LogP contribution in [0.1, 0.15) is 25.3 Å². The van der Waals surface area contributed by atoms with Crippen LogP contribution in [0.2, 0.25) is 0 Å². The van der Waals surface area contributed by atoms with E-state index >= 15 is 0 Å². The van der Waals surface area contributed by atoms with Crippen LogP contribution in [0.5, 0.6) is 0 Å². The van der Waals surface area contributed by atoms with E-state index in [0.29, 0.717) is 44.6 Å². The van der Waals surface area contributed by atoms with Crippen LogP contribution >= 0.6 is 0 Å². The van der Waals surface area contributed by atoms with Crippen LogP contribution < -0.4 is 5.32 Å². The first-order chi connectivity index (χ1) is 13.9. The Morgan fingerprint density at radius 1 is 1.17 bits per heavy atom. The van der Waals surface area contributed by atoms with Gasteiger partial charge in [-0.25, -0.2) is 8.78 Å². The standard InChI is InChI=1S/C23H27F2NO3/c1-16(15-28-2)26-22(27)23(9-11-29-12-10-23)14-18-5-3-4-6-19(18)17-7-8-20(24)21(25)13-17/h3-8,13,16H,9-12,14-15H2,1-2H3,(H,26,27). The summed E-state index contributed by atoms with van der Waals surface area (Å²) >= 11 is 0. The summed E-state index contributed by atoms with van der Waals surface area (Å²) < 4.78 is 37.8. The molecule has 0 saturated carbocycles. The molecule has 0 aromatic heterocycles. The van der Waals surface area contributed by atoms with Crippen molar-refractivity contribution in [3.63, 3.8) is 0 Å². The van der Waals surface area contributed by atoms with Gasteiger partial charge in [0.2, 0.25) is 5.91 Å². The molecule has 1 N–H and O–H groups in total. The Kier molecular flexibility index (Phi) is 6.98. The lowest BCUT2D eigenvalue weighted by atomic mass is 9.73. The molecule has 1 saturated heterocycles. The summed E-state index contributed by atoms with van der Waals surface area (Å²) in [5, 5.41) is 3.06. The minimum atomic E-state index is -0.885. The van der Waals surface area contributed by atoms with Gasteiger partial charge in [0.15, 0.2) is 11.6 Å². The highest BCUT2D eigenvalue weighted by molar-refractivity contribution is 5.84. The molecule has 1 amide bonds. The van der Waals surface area contributed by atoms with Crippen molar-refractivity contribution >= 4 is 5.91 Å². The molecule has 0 spiro atoms. The topological polar surface area (TPSA) is 47.6 Å². The van der Waals surface area contributed by atoms with Gasteiger partial charge in [-0.3, -0.25) is 4.79 Å². The van der Waals surface area contributed by atoms with Crippen molar-refractivity contribution in [2.24, 2.45) is 5.41 Å². The highest BCUT2D eigenvalue weighted by Gasteiger charge is 2.41. The first-order valence-corrected chi connectivity index (χ1v) is 9.86.